The lowest BCUT2D eigenvalue weighted by Crippen LogP contribution is -2.36. The third-order valence-corrected chi connectivity index (χ3v) is 6.36. The molecule has 0 aliphatic carbocycles. The van der Waals surface area contributed by atoms with Gasteiger partial charge < -0.3 is 15.4 Å². The number of anilines is 2. The van der Waals surface area contributed by atoms with Crippen molar-refractivity contribution in [3.63, 3.8) is 0 Å². The van der Waals surface area contributed by atoms with Crippen LogP contribution in [0.3, 0.4) is 0 Å². The third-order valence-electron chi connectivity index (χ3n) is 4.34. The van der Waals surface area contributed by atoms with E-state index in [0.717, 1.165) is 34.6 Å². The van der Waals surface area contributed by atoms with Crippen LogP contribution in [0.5, 0.6) is 0 Å². The van der Waals surface area contributed by atoms with Crippen LogP contribution in [0.15, 0.2) is 22.5 Å². The van der Waals surface area contributed by atoms with Gasteiger partial charge in [0.25, 0.3) is 0 Å². The predicted molar refractivity (Wildman–Crippen MR) is 106 cm³/mol. The van der Waals surface area contributed by atoms with Crippen molar-refractivity contribution in [2.45, 2.75) is 49.3 Å². The molecule has 0 radical (unpaired) electrons. The van der Waals surface area contributed by atoms with Gasteiger partial charge in [-0.2, -0.15) is 0 Å². The molecule has 1 aromatic heterocycles. The van der Waals surface area contributed by atoms with Crippen molar-refractivity contribution in [2.24, 2.45) is 0 Å². The molecule has 1 aromatic carbocycles. The number of rotatable bonds is 7. The molecule has 0 saturated carbocycles. The summed E-state index contributed by atoms with van der Waals surface area (Å²) in [5, 5.41) is 15.1. The van der Waals surface area contributed by atoms with Crippen LogP contribution in [0.2, 0.25) is 0 Å². The van der Waals surface area contributed by atoms with Crippen molar-refractivity contribution in [1.29, 1.82) is 0 Å². The van der Waals surface area contributed by atoms with Crippen LogP contribution in [0.25, 0.3) is 0 Å². The number of ether oxygens (including phenoxy) is 1. The van der Waals surface area contributed by atoms with Crippen LogP contribution >= 0.6 is 23.1 Å². The van der Waals surface area contributed by atoms with Crippen LogP contribution in [0.4, 0.5) is 10.8 Å². The van der Waals surface area contributed by atoms with E-state index in [2.05, 4.69) is 46.8 Å². The molecule has 26 heavy (non-hydrogen) atoms. The predicted octanol–water partition coefficient (Wildman–Crippen LogP) is 3.67. The minimum Gasteiger partial charge on any atom is -0.376 e. The van der Waals surface area contributed by atoms with Crippen molar-refractivity contribution in [3.05, 3.63) is 29.3 Å². The fourth-order valence-corrected chi connectivity index (χ4v) is 4.56. The number of carbonyl (C=O) groups is 1. The van der Waals surface area contributed by atoms with Gasteiger partial charge in [-0.15, -0.1) is 10.2 Å². The van der Waals surface area contributed by atoms with E-state index in [1.54, 1.807) is 0 Å². The molecule has 0 bridgehead atoms. The second-order valence-electron chi connectivity index (χ2n) is 6.44. The molecule has 1 aliphatic heterocycles. The number of hydrogen-bond donors (Lipinski definition) is 2. The second kappa shape index (κ2) is 8.83. The summed E-state index contributed by atoms with van der Waals surface area (Å²) in [6, 6.07) is 6.19. The number of amides is 1. The molecule has 8 heteroatoms. The highest BCUT2D eigenvalue weighted by Gasteiger charge is 2.20. The zero-order valence-electron chi connectivity index (χ0n) is 15.2. The van der Waals surface area contributed by atoms with Crippen molar-refractivity contribution >= 4 is 39.8 Å². The van der Waals surface area contributed by atoms with Crippen molar-refractivity contribution in [2.75, 3.05) is 18.5 Å². The summed E-state index contributed by atoms with van der Waals surface area (Å²) in [4.78, 5) is 12.2. The zero-order chi connectivity index (χ0) is 18.5. The first-order valence-electron chi connectivity index (χ1n) is 8.75. The van der Waals surface area contributed by atoms with Crippen LogP contribution in [0.1, 0.15) is 30.9 Å². The summed E-state index contributed by atoms with van der Waals surface area (Å²) in [5.74, 6) is 0.00404. The van der Waals surface area contributed by atoms with Crippen LogP contribution in [0, 0.1) is 13.8 Å². The molecule has 1 amide bonds. The summed E-state index contributed by atoms with van der Waals surface area (Å²) in [6.07, 6.45) is 2.25. The van der Waals surface area contributed by atoms with E-state index in [4.69, 9.17) is 4.74 Å². The summed E-state index contributed by atoms with van der Waals surface area (Å²) < 4.78 is 6.30. The number of nitrogens with zero attached hydrogens (tertiary/aromatic N) is 2. The van der Waals surface area contributed by atoms with Crippen LogP contribution in [-0.4, -0.2) is 40.6 Å². The fourth-order valence-electron chi connectivity index (χ4n) is 2.62. The number of benzene rings is 1. The standard InChI is InChI=1S/C18H24N4O2S2/c1-11-6-7-14(9-12(11)2)20-17-21-22-18(26-17)25-13(3)16(23)19-10-15-5-4-8-24-15/h6-7,9,13,15H,4-5,8,10H2,1-3H3,(H,19,23)(H,20,21)/t13-,15+/m1/s1. The van der Waals surface area contributed by atoms with Gasteiger partial charge in [-0.05, 0) is 56.9 Å². The maximum Gasteiger partial charge on any atom is 0.233 e. The van der Waals surface area contributed by atoms with Gasteiger partial charge in [-0.1, -0.05) is 29.2 Å². The topological polar surface area (TPSA) is 76.1 Å². The summed E-state index contributed by atoms with van der Waals surface area (Å²) >= 11 is 2.88. The maximum absolute atomic E-state index is 12.2. The molecule has 2 atom stereocenters. The number of carbonyl (C=O) groups excluding carboxylic acids is 1. The first-order valence-corrected chi connectivity index (χ1v) is 10.4. The lowest BCUT2D eigenvalue weighted by atomic mass is 10.1. The minimum atomic E-state index is -0.223. The van der Waals surface area contributed by atoms with Crippen molar-refractivity contribution < 1.29 is 9.53 Å². The van der Waals surface area contributed by atoms with E-state index in [9.17, 15) is 4.79 Å². The van der Waals surface area contributed by atoms with E-state index < -0.39 is 0 Å². The van der Waals surface area contributed by atoms with Gasteiger partial charge in [0, 0.05) is 18.8 Å². The molecule has 2 N–H and O–H groups in total. The molecular weight excluding hydrogens is 368 g/mol. The lowest BCUT2D eigenvalue weighted by Gasteiger charge is -2.13. The monoisotopic (exact) mass is 392 g/mol. The average Bonchev–Trinajstić information content (AvgIpc) is 3.28. The van der Waals surface area contributed by atoms with Crippen molar-refractivity contribution in [1.82, 2.24) is 15.5 Å². The van der Waals surface area contributed by atoms with E-state index >= 15 is 0 Å². The molecule has 0 unspecified atom stereocenters. The fraction of sp³-hybridized carbons (Fsp3) is 0.500. The Morgan fingerprint density at radius 1 is 1.38 bits per heavy atom. The molecule has 140 valence electrons. The molecule has 1 aliphatic rings. The molecule has 6 nitrogen and oxygen atoms in total. The summed E-state index contributed by atoms with van der Waals surface area (Å²) in [7, 11) is 0. The first kappa shape index (κ1) is 19.1. The molecule has 2 aromatic rings. The zero-order valence-corrected chi connectivity index (χ0v) is 16.9. The Morgan fingerprint density at radius 3 is 2.96 bits per heavy atom. The summed E-state index contributed by atoms with van der Waals surface area (Å²) in [5.41, 5.74) is 3.47. The van der Waals surface area contributed by atoms with E-state index in [1.165, 1.54) is 34.2 Å². The van der Waals surface area contributed by atoms with E-state index in [-0.39, 0.29) is 17.3 Å². The van der Waals surface area contributed by atoms with Crippen LogP contribution < -0.4 is 10.6 Å². The molecule has 3 rings (SSSR count). The Kier molecular flexibility index (Phi) is 6.50. The lowest BCUT2D eigenvalue weighted by molar-refractivity contribution is -0.120. The van der Waals surface area contributed by atoms with Gasteiger partial charge in [0.2, 0.25) is 11.0 Å². The number of aryl methyl sites for hydroxylation is 2. The second-order valence-corrected chi connectivity index (χ2v) is 9.00. The van der Waals surface area contributed by atoms with Crippen molar-refractivity contribution in [3.8, 4) is 0 Å². The number of nitrogens with one attached hydrogen (secondary N) is 2. The highest BCUT2D eigenvalue weighted by Crippen LogP contribution is 2.30. The van der Waals surface area contributed by atoms with E-state index in [0.29, 0.717) is 6.54 Å². The third kappa shape index (κ3) is 5.18. The molecule has 2 heterocycles. The Bertz CT molecular complexity index is 759. The quantitative estimate of drug-likeness (QED) is 0.700. The maximum atomic E-state index is 12.2. The summed E-state index contributed by atoms with van der Waals surface area (Å²) in [6.45, 7) is 7.43. The van der Waals surface area contributed by atoms with Gasteiger partial charge in [0.1, 0.15) is 0 Å². The smallest absolute Gasteiger partial charge is 0.233 e. The molecule has 0 spiro atoms. The largest absolute Gasteiger partial charge is 0.376 e. The minimum absolute atomic E-state index is 0.00404. The highest BCUT2D eigenvalue weighted by atomic mass is 32.2. The molecular formula is C18H24N4O2S2. The number of thioether (sulfide) groups is 1. The Morgan fingerprint density at radius 2 is 2.23 bits per heavy atom. The Hall–Kier alpha value is -1.64. The average molecular weight is 393 g/mol. The molecule has 1 fully saturated rings. The van der Waals surface area contributed by atoms with Gasteiger partial charge in [0.05, 0.1) is 11.4 Å². The van der Waals surface area contributed by atoms with Gasteiger partial charge in [0.15, 0.2) is 4.34 Å². The van der Waals surface area contributed by atoms with Crippen LogP contribution in [-0.2, 0) is 9.53 Å². The Labute approximate surface area is 162 Å². The van der Waals surface area contributed by atoms with Gasteiger partial charge in [-0.25, -0.2) is 0 Å². The molecule has 1 saturated heterocycles. The Balaban J connectivity index is 1.50. The van der Waals surface area contributed by atoms with Gasteiger partial charge >= 0.3 is 0 Å². The normalized spacial score (nSPS) is 17.9. The van der Waals surface area contributed by atoms with E-state index in [1.807, 2.05) is 13.0 Å². The van der Waals surface area contributed by atoms with Gasteiger partial charge in [-0.3, -0.25) is 4.79 Å². The SMILES string of the molecule is Cc1ccc(Nc2nnc(S[C@H](C)C(=O)NC[C@@H]3CCCO3)s2)cc1C. The highest BCUT2D eigenvalue weighted by molar-refractivity contribution is 8.02. The first-order chi connectivity index (χ1) is 12.5. The number of hydrogen-bond acceptors (Lipinski definition) is 7. The number of aromatic nitrogens is 2.